The Hall–Kier alpha value is -1.97. The zero-order valence-electron chi connectivity index (χ0n) is 9.00. The SMILES string of the molecule is C=CN1CCCC1=O.O=Cc1cccnc1. The van der Waals surface area contributed by atoms with Gasteiger partial charge < -0.3 is 4.90 Å². The largest absolute Gasteiger partial charge is 0.320 e. The lowest BCUT2D eigenvalue weighted by Crippen LogP contribution is -2.16. The summed E-state index contributed by atoms with van der Waals surface area (Å²) in [4.78, 5) is 26.0. The van der Waals surface area contributed by atoms with E-state index < -0.39 is 0 Å². The van der Waals surface area contributed by atoms with Crippen LogP contribution in [0.1, 0.15) is 23.2 Å². The molecule has 0 N–H and O–H groups in total. The number of carbonyl (C=O) groups is 2. The standard InChI is InChI=1S/C6H9NO.C6H5NO/c1-2-7-5-3-4-6(7)8;8-5-6-2-1-3-7-4-6/h2H,1,3-5H2;1-5H. The van der Waals surface area contributed by atoms with Crippen LogP contribution in [0.2, 0.25) is 0 Å². The monoisotopic (exact) mass is 218 g/mol. The first kappa shape index (κ1) is 12.1. The molecule has 1 fully saturated rings. The highest BCUT2D eigenvalue weighted by atomic mass is 16.2. The molecule has 16 heavy (non-hydrogen) atoms. The van der Waals surface area contributed by atoms with Crippen molar-refractivity contribution in [1.82, 2.24) is 9.88 Å². The molecule has 1 saturated heterocycles. The third-order valence-corrected chi connectivity index (χ3v) is 2.15. The van der Waals surface area contributed by atoms with Crippen molar-refractivity contribution in [3.63, 3.8) is 0 Å². The number of aldehydes is 1. The number of pyridine rings is 1. The van der Waals surface area contributed by atoms with Crippen LogP contribution in [-0.4, -0.2) is 28.6 Å². The minimum Gasteiger partial charge on any atom is -0.320 e. The van der Waals surface area contributed by atoms with Crippen molar-refractivity contribution >= 4 is 12.2 Å². The first-order valence-corrected chi connectivity index (χ1v) is 5.05. The van der Waals surface area contributed by atoms with E-state index in [1.54, 1.807) is 29.4 Å². The van der Waals surface area contributed by atoms with Crippen LogP contribution in [0.3, 0.4) is 0 Å². The number of rotatable bonds is 2. The molecule has 1 aromatic rings. The molecule has 0 aliphatic carbocycles. The van der Waals surface area contributed by atoms with Gasteiger partial charge in [-0.15, -0.1) is 0 Å². The van der Waals surface area contributed by atoms with Crippen LogP contribution in [0.25, 0.3) is 0 Å². The molecule has 0 atom stereocenters. The zero-order chi connectivity index (χ0) is 11.8. The maximum Gasteiger partial charge on any atom is 0.226 e. The second kappa shape index (κ2) is 6.50. The van der Waals surface area contributed by atoms with Gasteiger partial charge in [-0.05, 0) is 24.8 Å². The van der Waals surface area contributed by atoms with Crippen molar-refractivity contribution in [2.45, 2.75) is 12.8 Å². The van der Waals surface area contributed by atoms with Gasteiger partial charge in [-0.25, -0.2) is 0 Å². The molecular formula is C12H14N2O2. The highest BCUT2D eigenvalue weighted by Crippen LogP contribution is 2.08. The van der Waals surface area contributed by atoms with Gasteiger partial charge in [0.15, 0.2) is 6.29 Å². The van der Waals surface area contributed by atoms with E-state index in [2.05, 4.69) is 11.6 Å². The molecule has 0 saturated carbocycles. The van der Waals surface area contributed by atoms with Gasteiger partial charge in [0.1, 0.15) is 0 Å². The normalized spacial score (nSPS) is 14.0. The average Bonchev–Trinajstić information content (AvgIpc) is 2.76. The Labute approximate surface area is 94.6 Å². The van der Waals surface area contributed by atoms with Gasteiger partial charge in [-0.2, -0.15) is 0 Å². The average molecular weight is 218 g/mol. The van der Waals surface area contributed by atoms with Crippen molar-refractivity contribution in [1.29, 1.82) is 0 Å². The van der Waals surface area contributed by atoms with E-state index in [0.717, 1.165) is 19.3 Å². The Kier molecular flexibility index (Phi) is 4.92. The highest BCUT2D eigenvalue weighted by Gasteiger charge is 2.15. The van der Waals surface area contributed by atoms with Crippen LogP contribution in [-0.2, 0) is 4.79 Å². The van der Waals surface area contributed by atoms with Gasteiger partial charge in [-0.3, -0.25) is 14.6 Å². The summed E-state index contributed by atoms with van der Waals surface area (Å²) in [5, 5.41) is 0. The van der Waals surface area contributed by atoms with Crippen LogP contribution in [0.5, 0.6) is 0 Å². The summed E-state index contributed by atoms with van der Waals surface area (Å²) in [6.07, 6.45) is 7.21. The Morgan fingerprint density at radius 2 is 2.31 bits per heavy atom. The summed E-state index contributed by atoms with van der Waals surface area (Å²) in [7, 11) is 0. The van der Waals surface area contributed by atoms with E-state index in [9.17, 15) is 9.59 Å². The molecule has 1 aliphatic heterocycles. The van der Waals surface area contributed by atoms with E-state index in [-0.39, 0.29) is 5.91 Å². The minimum atomic E-state index is 0.208. The summed E-state index contributed by atoms with van der Waals surface area (Å²) in [5.74, 6) is 0.208. The highest BCUT2D eigenvalue weighted by molar-refractivity contribution is 5.78. The molecule has 4 nitrogen and oxygen atoms in total. The van der Waals surface area contributed by atoms with Gasteiger partial charge in [0.2, 0.25) is 5.91 Å². The predicted octanol–water partition coefficient (Wildman–Crippen LogP) is 1.65. The van der Waals surface area contributed by atoms with E-state index in [0.29, 0.717) is 12.0 Å². The van der Waals surface area contributed by atoms with Crippen LogP contribution in [0.15, 0.2) is 37.3 Å². The van der Waals surface area contributed by atoms with Crippen molar-refractivity contribution in [3.8, 4) is 0 Å². The molecule has 4 heteroatoms. The zero-order valence-corrected chi connectivity index (χ0v) is 9.00. The quantitative estimate of drug-likeness (QED) is 0.709. The number of amides is 1. The van der Waals surface area contributed by atoms with Gasteiger partial charge in [0.25, 0.3) is 0 Å². The maximum atomic E-state index is 10.7. The van der Waals surface area contributed by atoms with Gasteiger partial charge >= 0.3 is 0 Å². The summed E-state index contributed by atoms with van der Waals surface area (Å²) in [5.41, 5.74) is 0.618. The van der Waals surface area contributed by atoms with Crippen molar-refractivity contribution < 1.29 is 9.59 Å². The maximum absolute atomic E-state index is 10.7. The lowest BCUT2D eigenvalue weighted by atomic mass is 10.3. The molecule has 0 radical (unpaired) electrons. The van der Waals surface area contributed by atoms with Gasteiger partial charge in [0, 0.05) is 30.9 Å². The molecule has 84 valence electrons. The molecule has 1 aromatic heterocycles. The number of hydrogen-bond donors (Lipinski definition) is 0. The molecule has 2 heterocycles. The van der Waals surface area contributed by atoms with Gasteiger partial charge in [0.05, 0.1) is 0 Å². The molecule has 0 spiro atoms. The van der Waals surface area contributed by atoms with E-state index in [1.807, 2.05) is 0 Å². The van der Waals surface area contributed by atoms with Crippen LogP contribution >= 0.6 is 0 Å². The number of likely N-dealkylation sites (tertiary alicyclic amines) is 1. The fraction of sp³-hybridized carbons (Fsp3) is 0.250. The molecule has 0 aromatic carbocycles. The summed E-state index contributed by atoms with van der Waals surface area (Å²) < 4.78 is 0. The smallest absolute Gasteiger partial charge is 0.226 e. The third kappa shape index (κ3) is 3.65. The van der Waals surface area contributed by atoms with Crippen LogP contribution < -0.4 is 0 Å². The number of nitrogens with zero attached hydrogens (tertiary/aromatic N) is 2. The summed E-state index contributed by atoms with van der Waals surface area (Å²) in [6.45, 7) is 4.36. The van der Waals surface area contributed by atoms with Crippen molar-refractivity contribution in [2.75, 3.05) is 6.54 Å². The fourth-order valence-electron chi connectivity index (χ4n) is 1.31. The fourth-order valence-corrected chi connectivity index (χ4v) is 1.31. The number of carbonyl (C=O) groups excluding carboxylic acids is 2. The van der Waals surface area contributed by atoms with E-state index >= 15 is 0 Å². The summed E-state index contributed by atoms with van der Waals surface area (Å²) >= 11 is 0. The number of aromatic nitrogens is 1. The third-order valence-electron chi connectivity index (χ3n) is 2.15. The Balaban J connectivity index is 0.000000160. The first-order chi connectivity index (χ1) is 7.77. The van der Waals surface area contributed by atoms with Gasteiger partial charge in [-0.1, -0.05) is 6.58 Å². The number of hydrogen-bond acceptors (Lipinski definition) is 3. The van der Waals surface area contributed by atoms with Crippen LogP contribution in [0, 0.1) is 0 Å². The Morgan fingerprint density at radius 3 is 2.62 bits per heavy atom. The van der Waals surface area contributed by atoms with Crippen LogP contribution in [0.4, 0.5) is 0 Å². The van der Waals surface area contributed by atoms with Crippen molar-refractivity contribution in [3.05, 3.63) is 42.9 Å². The van der Waals surface area contributed by atoms with E-state index in [1.165, 1.54) is 6.20 Å². The second-order valence-corrected chi connectivity index (χ2v) is 3.28. The lowest BCUT2D eigenvalue weighted by Gasteiger charge is -2.05. The Bertz CT molecular complexity index is 363. The Morgan fingerprint density at radius 1 is 1.50 bits per heavy atom. The molecule has 2 rings (SSSR count). The van der Waals surface area contributed by atoms with Crippen molar-refractivity contribution in [2.24, 2.45) is 0 Å². The lowest BCUT2D eigenvalue weighted by molar-refractivity contribution is -0.125. The summed E-state index contributed by atoms with van der Waals surface area (Å²) in [6, 6.07) is 3.43. The molecular weight excluding hydrogens is 204 g/mol. The molecule has 0 unspecified atom stereocenters. The minimum absolute atomic E-state index is 0.208. The topological polar surface area (TPSA) is 50.3 Å². The molecule has 1 aliphatic rings. The van der Waals surface area contributed by atoms with E-state index in [4.69, 9.17) is 0 Å². The second-order valence-electron chi connectivity index (χ2n) is 3.28. The molecule has 1 amide bonds. The molecule has 0 bridgehead atoms. The predicted molar refractivity (Wildman–Crippen MR) is 60.8 cm³/mol. The first-order valence-electron chi connectivity index (χ1n) is 5.05.